The van der Waals surface area contributed by atoms with Crippen LogP contribution in [0.25, 0.3) is 0 Å². The normalized spacial score (nSPS) is 12.0. The quantitative estimate of drug-likeness (QED) is 0.861. The Kier molecular flexibility index (Phi) is 4.46. The molecule has 0 bridgehead atoms. The third-order valence-corrected chi connectivity index (χ3v) is 4.41. The molecule has 0 aliphatic carbocycles. The van der Waals surface area contributed by atoms with Gasteiger partial charge in [-0.25, -0.2) is 8.42 Å². The van der Waals surface area contributed by atoms with Crippen LogP contribution in [0, 0.1) is 0 Å². The van der Waals surface area contributed by atoms with Crippen molar-refractivity contribution in [3.05, 3.63) is 59.7 Å². The maximum absolute atomic E-state index is 12.6. The first kappa shape index (κ1) is 17.0. The van der Waals surface area contributed by atoms with Crippen LogP contribution in [0.3, 0.4) is 0 Å². The molecule has 0 aromatic heterocycles. The highest BCUT2D eigenvalue weighted by Crippen LogP contribution is 2.31. The lowest BCUT2D eigenvalue weighted by molar-refractivity contribution is -0.137. The number of nitrogens with one attached hydrogen (secondary N) is 1. The van der Waals surface area contributed by atoms with Crippen LogP contribution in [0.2, 0.25) is 0 Å². The molecule has 0 aliphatic heterocycles. The van der Waals surface area contributed by atoms with E-state index in [1.807, 2.05) is 0 Å². The van der Waals surface area contributed by atoms with Crippen molar-refractivity contribution in [1.29, 1.82) is 0 Å². The number of rotatable bonds is 4. The first-order valence-electron chi connectivity index (χ1n) is 6.41. The molecular weight excluding hydrogens is 331 g/mol. The molecule has 0 amide bonds. The second-order valence-corrected chi connectivity index (χ2v) is 6.45. The molecule has 2 aromatic rings. The molecule has 0 saturated carbocycles. The van der Waals surface area contributed by atoms with Crippen molar-refractivity contribution in [2.75, 3.05) is 4.72 Å². The molecule has 122 valence electrons. The molecule has 0 aliphatic rings. The van der Waals surface area contributed by atoms with Gasteiger partial charge in [0.1, 0.15) is 0 Å². The topological polar surface area (TPSA) is 63.2 Å². The minimum atomic E-state index is -4.56. The van der Waals surface area contributed by atoms with E-state index in [4.69, 9.17) is 0 Å². The number of Topliss-reactive ketones (excluding diaryl/α,β-unsaturated/α-hetero) is 1. The standard InChI is InChI=1S/C15H12F3NO3S/c1-10(20)11-5-7-14(8-6-11)23(21,22)19-13-4-2-3-12(9-13)15(16,17)18/h2-9,19H,1H3. The molecule has 0 unspecified atom stereocenters. The molecule has 0 fully saturated rings. The largest absolute Gasteiger partial charge is 0.416 e. The molecule has 0 atom stereocenters. The summed E-state index contributed by atoms with van der Waals surface area (Å²) in [5, 5.41) is 0. The van der Waals surface area contributed by atoms with Gasteiger partial charge in [0.15, 0.2) is 5.78 Å². The summed E-state index contributed by atoms with van der Waals surface area (Å²) in [7, 11) is -4.05. The highest BCUT2D eigenvalue weighted by atomic mass is 32.2. The number of benzene rings is 2. The minimum absolute atomic E-state index is 0.153. The number of carbonyl (C=O) groups is 1. The van der Waals surface area contributed by atoms with Crippen LogP contribution in [0.15, 0.2) is 53.4 Å². The minimum Gasteiger partial charge on any atom is -0.295 e. The van der Waals surface area contributed by atoms with Gasteiger partial charge in [-0.1, -0.05) is 18.2 Å². The SMILES string of the molecule is CC(=O)c1ccc(S(=O)(=O)Nc2cccc(C(F)(F)F)c2)cc1. The number of ketones is 1. The maximum atomic E-state index is 12.6. The van der Waals surface area contributed by atoms with Gasteiger partial charge < -0.3 is 0 Å². The number of carbonyl (C=O) groups excluding carboxylic acids is 1. The summed E-state index contributed by atoms with van der Waals surface area (Å²) in [6.07, 6.45) is -4.56. The Hall–Kier alpha value is -2.35. The predicted octanol–water partition coefficient (Wildman–Crippen LogP) is 3.71. The van der Waals surface area contributed by atoms with Crippen LogP contribution in [0.4, 0.5) is 18.9 Å². The van der Waals surface area contributed by atoms with Crippen LogP contribution in [0.5, 0.6) is 0 Å². The zero-order valence-corrected chi connectivity index (χ0v) is 12.7. The Morgan fingerprint density at radius 2 is 1.65 bits per heavy atom. The van der Waals surface area contributed by atoms with Gasteiger partial charge >= 0.3 is 6.18 Å². The number of hydrogen-bond donors (Lipinski definition) is 1. The fourth-order valence-corrected chi connectivity index (χ4v) is 2.89. The van der Waals surface area contributed by atoms with E-state index in [1.165, 1.54) is 37.3 Å². The molecule has 8 heteroatoms. The van der Waals surface area contributed by atoms with Crippen molar-refractivity contribution < 1.29 is 26.4 Å². The van der Waals surface area contributed by atoms with Gasteiger partial charge in [-0.15, -0.1) is 0 Å². The fraction of sp³-hybridized carbons (Fsp3) is 0.133. The molecule has 0 saturated heterocycles. The van der Waals surface area contributed by atoms with Crippen molar-refractivity contribution in [3.63, 3.8) is 0 Å². The Bertz CT molecular complexity index is 828. The van der Waals surface area contributed by atoms with Crippen LogP contribution in [-0.2, 0) is 16.2 Å². The van der Waals surface area contributed by atoms with Gasteiger partial charge in [-0.05, 0) is 37.3 Å². The van der Waals surface area contributed by atoms with E-state index in [-0.39, 0.29) is 16.4 Å². The Labute approximate surface area is 131 Å². The highest BCUT2D eigenvalue weighted by Gasteiger charge is 2.30. The fourth-order valence-electron chi connectivity index (χ4n) is 1.84. The van der Waals surface area contributed by atoms with E-state index in [0.29, 0.717) is 11.6 Å². The average molecular weight is 343 g/mol. The lowest BCUT2D eigenvalue weighted by Crippen LogP contribution is -2.14. The van der Waals surface area contributed by atoms with E-state index in [2.05, 4.69) is 4.72 Å². The van der Waals surface area contributed by atoms with E-state index in [1.54, 1.807) is 0 Å². The van der Waals surface area contributed by atoms with E-state index in [9.17, 15) is 26.4 Å². The van der Waals surface area contributed by atoms with Gasteiger partial charge in [0.05, 0.1) is 10.5 Å². The second kappa shape index (κ2) is 6.04. The molecule has 1 N–H and O–H groups in total. The van der Waals surface area contributed by atoms with Gasteiger partial charge in [0.2, 0.25) is 0 Å². The number of halogens is 3. The molecule has 0 radical (unpaired) electrons. The van der Waals surface area contributed by atoms with Crippen molar-refractivity contribution in [2.24, 2.45) is 0 Å². The van der Waals surface area contributed by atoms with E-state index < -0.39 is 21.8 Å². The summed E-state index contributed by atoms with van der Waals surface area (Å²) in [5.74, 6) is -0.222. The second-order valence-electron chi connectivity index (χ2n) is 4.76. The van der Waals surface area contributed by atoms with Crippen molar-refractivity contribution in [3.8, 4) is 0 Å². The van der Waals surface area contributed by atoms with Crippen LogP contribution >= 0.6 is 0 Å². The summed E-state index contributed by atoms with van der Waals surface area (Å²) in [6, 6.07) is 8.99. The molecule has 0 spiro atoms. The first-order valence-corrected chi connectivity index (χ1v) is 7.89. The monoisotopic (exact) mass is 343 g/mol. The molecule has 2 aromatic carbocycles. The lowest BCUT2D eigenvalue weighted by Gasteiger charge is -2.11. The molecule has 2 rings (SSSR count). The number of anilines is 1. The zero-order valence-electron chi connectivity index (χ0n) is 11.9. The summed E-state index contributed by atoms with van der Waals surface area (Å²) in [6.45, 7) is 1.34. The number of alkyl halides is 3. The Balaban J connectivity index is 2.29. The number of sulfonamides is 1. The lowest BCUT2D eigenvalue weighted by atomic mass is 10.2. The first-order chi connectivity index (χ1) is 10.6. The van der Waals surface area contributed by atoms with Crippen LogP contribution in [-0.4, -0.2) is 14.2 Å². The zero-order chi connectivity index (χ0) is 17.3. The summed E-state index contributed by atoms with van der Waals surface area (Å²) < 4.78 is 64.3. The summed E-state index contributed by atoms with van der Waals surface area (Å²) in [5.41, 5.74) is -0.817. The third kappa shape index (κ3) is 4.10. The summed E-state index contributed by atoms with van der Waals surface area (Å²) in [4.78, 5) is 11.0. The van der Waals surface area contributed by atoms with Crippen molar-refractivity contribution >= 4 is 21.5 Å². The highest BCUT2D eigenvalue weighted by molar-refractivity contribution is 7.92. The maximum Gasteiger partial charge on any atom is 0.416 e. The number of hydrogen-bond acceptors (Lipinski definition) is 3. The Morgan fingerprint density at radius 3 is 2.17 bits per heavy atom. The van der Waals surface area contributed by atoms with E-state index in [0.717, 1.165) is 12.1 Å². The summed E-state index contributed by atoms with van der Waals surface area (Å²) >= 11 is 0. The molecular formula is C15H12F3NO3S. The van der Waals surface area contributed by atoms with Crippen LogP contribution in [0.1, 0.15) is 22.8 Å². The molecule has 4 nitrogen and oxygen atoms in total. The average Bonchev–Trinajstić information content (AvgIpc) is 2.46. The van der Waals surface area contributed by atoms with Gasteiger partial charge in [0.25, 0.3) is 10.0 Å². The molecule has 0 heterocycles. The van der Waals surface area contributed by atoms with Crippen LogP contribution < -0.4 is 4.72 Å². The van der Waals surface area contributed by atoms with Gasteiger partial charge in [-0.3, -0.25) is 9.52 Å². The van der Waals surface area contributed by atoms with Gasteiger partial charge in [0, 0.05) is 11.3 Å². The van der Waals surface area contributed by atoms with Crippen molar-refractivity contribution in [1.82, 2.24) is 0 Å². The van der Waals surface area contributed by atoms with Gasteiger partial charge in [-0.2, -0.15) is 13.2 Å². The van der Waals surface area contributed by atoms with E-state index >= 15 is 0 Å². The molecule has 23 heavy (non-hydrogen) atoms. The Morgan fingerprint density at radius 1 is 1.04 bits per heavy atom. The van der Waals surface area contributed by atoms with Crippen molar-refractivity contribution in [2.45, 2.75) is 18.0 Å². The predicted molar refractivity (Wildman–Crippen MR) is 78.7 cm³/mol. The smallest absolute Gasteiger partial charge is 0.295 e. The third-order valence-electron chi connectivity index (χ3n) is 3.01.